The van der Waals surface area contributed by atoms with Crippen LogP contribution in [0.2, 0.25) is 0 Å². The molecule has 0 saturated heterocycles. The first-order valence-corrected chi connectivity index (χ1v) is 9.15. The molecule has 2 N–H and O–H groups in total. The van der Waals surface area contributed by atoms with Gasteiger partial charge in [0.2, 0.25) is 5.91 Å². The Hall–Kier alpha value is -2.06. The Morgan fingerprint density at radius 1 is 1.38 bits per heavy atom. The molecule has 1 amide bonds. The Balaban J connectivity index is 1.62. The molecule has 1 aromatic carbocycles. The standard InChI is InChI=1S/C16H14BrN5OS/c1-8-20-13-14(18-7-19-16(13)24-8)21-12-4-2-9-6-10(17)3-5-11(9)22-15(12)23/h3,5-7,12H,2,4H2,1H3,(H,22,23)(H,18,19,21). The normalized spacial score (nSPS) is 17.2. The van der Waals surface area contributed by atoms with Crippen LogP contribution in [0.15, 0.2) is 29.0 Å². The molecule has 3 heterocycles. The lowest BCUT2D eigenvalue weighted by atomic mass is 10.1. The van der Waals surface area contributed by atoms with Gasteiger partial charge in [0.1, 0.15) is 22.7 Å². The van der Waals surface area contributed by atoms with E-state index in [2.05, 4.69) is 41.5 Å². The second kappa shape index (κ2) is 6.10. The molecule has 0 fully saturated rings. The summed E-state index contributed by atoms with van der Waals surface area (Å²) in [6.07, 6.45) is 2.99. The Morgan fingerprint density at radius 3 is 3.12 bits per heavy atom. The Labute approximate surface area is 150 Å². The first kappa shape index (κ1) is 15.5. The van der Waals surface area contributed by atoms with Gasteiger partial charge in [-0.3, -0.25) is 4.79 Å². The van der Waals surface area contributed by atoms with E-state index in [4.69, 9.17) is 0 Å². The van der Waals surface area contributed by atoms with Gasteiger partial charge in [-0.15, -0.1) is 0 Å². The minimum atomic E-state index is -0.365. The Morgan fingerprint density at radius 2 is 2.25 bits per heavy atom. The van der Waals surface area contributed by atoms with Gasteiger partial charge in [-0.05, 0) is 43.5 Å². The maximum absolute atomic E-state index is 12.6. The predicted octanol–water partition coefficient (Wildman–Crippen LogP) is 3.52. The quantitative estimate of drug-likeness (QED) is 0.683. The molecular weight excluding hydrogens is 390 g/mol. The summed E-state index contributed by atoms with van der Waals surface area (Å²) in [4.78, 5) is 26.4. The molecule has 1 aliphatic heterocycles. The number of aryl methyl sites for hydroxylation is 2. The fourth-order valence-corrected chi connectivity index (χ4v) is 3.97. The van der Waals surface area contributed by atoms with Gasteiger partial charge >= 0.3 is 0 Å². The van der Waals surface area contributed by atoms with Crippen molar-refractivity contribution in [3.05, 3.63) is 39.6 Å². The SMILES string of the molecule is Cc1nc2c(NC3CCc4cc(Br)ccc4NC3=O)ncnc2s1. The van der Waals surface area contributed by atoms with Crippen molar-refractivity contribution < 1.29 is 4.79 Å². The largest absolute Gasteiger partial charge is 0.356 e. The van der Waals surface area contributed by atoms with Crippen LogP contribution in [0.25, 0.3) is 10.3 Å². The molecule has 3 aromatic rings. The number of hydrogen-bond acceptors (Lipinski definition) is 6. The van der Waals surface area contributed by atoms with Crippen molar-refractivity contribution in [3.8, 4) is 0 Å². The molecule has 1 aliphatic rings. The summed E-state index contributed by atoms with van der Waals surface area (Å²) in [6, 6.07) is 5.53. The van der Waals surface area contributed by atoms with Crippen LogP contribution in [-0.4, -0.2) is 26.9 Å². The molecule has 0 aliphatic carbocycles. The van der Waals surface area contributed by atoms with E-state index >= 15 is 0 Å². The fraction of sp³-hybridized carbons (Fsp3) is 0.250. The minimum absolute atomic E-state index is 0.0604. The zero-order valence-corrected chi connectivity index (χ0v) is 15.2. The van der Waals surface area contributed by atoms with Gasteiger partial charge in [0.05, 0.1) is 5.01 Å². The van der Waals surface area contributed by atoms with E-state index in [1.165, 1.54) is 17.7 Å². The summed E-state index contributed by atoms with van der Waals surface area (Å²) < 4.78 is 1.01. The lowest BCUT2D eigenvalue weighted by molar-refractivity contribution is -0.116. The van der Waals surface area contributed by atoms with Crippen molar-refractivity contribution in [1.82, 2.24) is 15.0 Å². The number of hydrogen-bond donors (Lipinski definition) is 2. The maximum atomic E-state index is 12.6. The zero-order valence-electron chi connectivity index (χ0n) is 12.8. The van der Waals surface area contributed by atoms with Gasteiger partial charge < -0.3 is 10.6 Å². The molecule has 1 atom stereocenters. The van der Waals surface area contributed by atoms with Crippen LogP contribution in [-0.2, 0) is 11.2 Å². The molecule has 122 valence electrons. The number of anilines is 2. The van der Waals surface area contributed by atoms with E-state index in [0.29, 0.717) is 12.2 Å². The summed E-state index contributed by atoms with van der Waals surface area (Å²) in [6.45, 7) is 1.93. The highest BCUT2D eigenvalue weighted by atomic mass is 79.9. The Bertz CT molecular complexity index is 941. The van der Waals surface area contributed by atoms with Gasteiger partial charge in [0.25, 0.3) is 0 Å². The first-order valence-electron chi connectivity index (χ1n) is 7.54. The molecule has 8 heteroatoms. The van der Waals surface area contributed by atoms with Crippen LogP contribution >= 0.6 is 27.3 Å². The molecule has 2 aromatic heterocycles. The summed E-state index contributed by atoms with van der Waals surface area (Å²) in [7, 11) is 0. The van der Waals surface area contributed by atoms with Crippen LogP contribution in [0.1, 0.15) is 17.0 Å². The topological polar surface area (TPSA) is 79.8 Å². The number of benzene rings is 1. The number of rotatable bonds is 2. The van der Waals surface area contributed by atoms with E-state index in [9.17, 15) is 4.79 Å². The third kappa shape index (κ3) is 2.87. The van der Waals surface area contributed by atoms with E-state index in [1.807, 2.05) is 25.1 Å². The Kier molecular flexibility index (Phi) is 3.93. The molecule has 0 radical (unpaired) electrons. The molecular formula is C16H14BrN5OS. The highest BCUT2D eigenvalue weighted by Gasteiger charge is 2.25. The third-order valence-electron chi connectivity index (χ3n) is 3.96. The maximum Gasteiger partial charge on any atom is 0.246 e. The molecule has 0 saturated carbocycles. The van der Waals surface area contributed by atoms with Crippen molar-refractivity contribution in [2.75, 3.05) is 10.6 Å². The first-order chi connectivity index (χ1) is 11.6. The zero-order chi connectivity index (χ0) is 16.7. The van der Waals surface area contributed by atoms with E-state index in [-0.39, 0.29) is 11.9 Å². The molecule has 6 nitrogen and oxygen atoms in total. The molecule has 1 unspecified atom stereocenters. The average molecular weight is 404 g/mol. The van der Waals surface area contributed by atoms with Gasteiger partial charge in [0, 0.05) is 10.2 Å². The van der Waals surface area contributed by atoms with Crippen LogP contribution in [0, 0.1) is 6.92 Å². The highest BCUT2D eigenvalue weighted by Crippen LogP contribution is 2.28. The lowest BCUT2D eigenvalue weighted by Crippen LogP contribution is -2.34. The number of amides is 1. The van der Waals surface area contributed by atoms with Crippen LogP contribution in [0.4, 0.5) is 11.5 Å². The smallest absolute Gasteiger partial charge is 0.246 e. The fourth-order valence-electron chi connectivity index (χ4n) is 2.81. The van der Waals surface area contributed by atoms with Gasteiger partial charge in [0.15, 0.2) is 5.82 Å². The van der Waals surface area contributed by atoms with E-state index < -0.39 is 0 Å². The van der Waals surface area contributed by atoms with E-state index in [0.717, 1.165) is 37.5 Å². The summed E-state index contributed by atoms with van der Waals surface area (Å²) >= 11 is 4.99. The second-order valence-electron chi connectivity index (χ2n) is 5.64. The van der Waals surface area contributed by atoms with Crippen molar-refractivity contribution >= 4 is 55.0 Å². The van der Waals surface area contributed by atoms with Crippen molar-refractivity contribution in [1.29, 1.82) is 0 Å². The molecule has 4 rings (SSSR count). The molecule has 0 bridgehead atoms. The van der Waals surface area contributed by atoms with Gasteiger partial charge in [-0.2, -0.15) is 0 Å². The average Bonchev–Trinajstić information content (AvgIpc) is 2.87. The van der Waals surface area contributed by atoms with Crippen LogP contribution < -0.4 is 10.6 Å². The summed E-state index contributed by atoms with van der Waals surface area (Å²) in [5, 5.41) is 7.16. The molecule has 0 spiro atoms. The third-order valence-corrected chi connectivity index (χ3v) is 5.33. The second-order valence-corrected chi connectivity index (χ2v) is 7.73. The minimum Gasteiger partial charge on any atom is -0.356 e. The lowest BCUT2D eigenvalue weighted by Gasteiger charge is -2.15. The van der Waals surface area contributed by atoms with Crippen LogP contribution in [0.5, 0.6) is 0 Å². The number of carbonyl (C=O) groups excluding carboxylic acids is 1. The number of thiazole rings is 1. The molecule has 24 heavy (non-hydrogen) atoms. The van der Waals surface area contributed by atoms with E-state index in [1.54, 1.807) is 0 Å². The van der Waals surface area contributed by atoms with Crippen LogP contribution in [0.3, 0.4) is 0 Å². The number of nitrogens with zero attached hydrogens (tertiary/aromatic N) is 3. The van der Waals surface area contributed by atoms with Crippen molar-refractivity contribution in [2.45, 2.75) is 25.8 Å². The van der Waals surface area contributed by atoms with Gasteiger partial charge in [-0.25, -0.2) is 15.0 Å². The van der Waals surface area contributed by atoms with Crippen molar-refractivity contribution in [2.24, 2.45) is 0 Å². The van der Waals surface area contributed by atoms with Crippen molar-refractivity contribution in [3.63, 3.8) is 0 Å². The summed E-state index contributed by atoms with van der Waals surface area (Å²) in [5.41, 5.74) is 2.71. The monoisotopic (exact) mass is 403 g/mol. The highest BCUT2D eigenvalue weighted by molar-refractivity contribution is 9.10. The predicted molar refractivity (Wildman–Crippen MR) is 98.5 cm³/mol. The number of halogens is 1. The number of nitrogens with one attached hydrogen (secondary N) is 2. The number of aromatic nitrogens is 3. The number of carbonyl (C=O) groups is 1. The summed E-state index contributed by atoms with van der Waals surface area (Å²) in [5.74, 6) is 0.548. The van der Waals surface area contributed by atoms with Gasteiger partial charge in [-0.1, -0.05) is 27.3 Å². The number of fused-ring (bicyclic) bond motifs is 2.